The number of hydrogen-bond donors (Lipinski definition) is 1. The van der Waals surface area contributed by atoms with Gasteiger partial charge in [-0.05, 0) is 13.3 Å². The largest absolute Gasteiger partial charge is 0.337 e. The van der Waals surface area contributed by atoms with Crippen molar-refractivity contribution in [2.75, 3.05) is 13.1 Å². The molecule has 1 saturated heterocycles. The minimum atomic E-state index is 0.586. The molecule has 2 rings (SSSR count). The van der Waals surface area contributed by atoms with Crippen LogP contribution in [-0.4, -0.2) is 39.6 Å². The molecule has 4 heteroatoms. The lowest BCUT2D eigenvalue weighted by Crippen LogP contribution is -2.54. The van der Waals surface area contributed by atoms with Crippen molar-refractivity contribution in [1.29, 1.82) is 0 Å². The molecule has 90 valence electrons. The lowest BCUT2D eigenvalue weighted by atomic mass is 10.1. The molecule has 0 radical (unpaired) electrons. The van der Waals surface area contributed by atoms with Gasteiger partial charge in [-0.3, -0.25) is 4.90 Å². The second-order valence-corrected chi connectivity index (χ2v) is 4.76. The summed E-state index contributed by atoms with van der Waals surface area (Å²) in [5.74, 6) is 1.16. The van der Waals surface area contributed by atoms with E-state index in [1.807, 2.05) is 12.4 Å². The normalized spacial score (nSPS) is 27.2. The van der Waals surface area contributed by atoms with Crippen LogP contribution in [0.4, 0.5) is 0 Å². The van der Waals surface area contributed by atoms with Crippen molar-refractivity contribution in [2.24, 2.45) is 7.05 Å². The van der Waals surface area contributed by atoms with Gasteiger partial charge < -0.3 is 9.88 Å². The quantitative estimate of drug-likeness (QED) is 0.828. The lowest BCUT2D eigenvalue weighted by molar-refractivity contribution is 0.120. The van der Waals surface area contributed by atoms with Gasteiger partial charge in [0.15, 0.2) is 0 Å². The molecule has 2 unspecified atom stereocenters. The summed E-state index contributed by atoms with van der Waals surface area (Å²) in [6.07, 6.45) is 5.09. The molecule has 4 nitrogen and oxygen atoms in total. The van der Waals surface area contributed by atoms with Gasteiger partial charge in [0.1, 0.15) is 5.82 Å². The monoisotopic (exact) mass is 222 g/mol. The first kappa shape index (κ1) is 11.6. The van der Waals surface area contributed by atoms with E-state index < -0.39 is 0 Å². The van der Waals surface area contributed by atoms with E-state index in [1.165, 1.54) is 6.42 Å². The molecule has 1 aromatic heterocycles. The Morgan fingerprint density at radius 2 is 2.38 bits per heavy atom. The highest BCUT2D eigenvalue weighted by atomic mass is 15.2. The SMILES string of the molecule is CCC1CNC(C)CN1Cc1nccn1C. The zero-order valence-corrected chi connectivity index (χ0v) is 10.5. The molecule has 0 spiro atoms. The summed E-state index contributed by atoms with van der Waals surface area (Å²) in [6.45, 7) is 7.69. The van der Waals surface area contributed by atoms with Crippen molar-refractivity contribution in [3.63, 3.8) is 0 Å². The maximum Gasteiger partial charge on any atom is 0.122 e. The highest BCUT2D eigenvalue weighted by molar-refractivity contribution is 4.94. The number of piperazine rings is 1. The third-order valence-electron chi connectivity index (χ3n) is 3.46. The van der Waals surface area contributed by atoms with Crippen LogP contribution >= 0.6 is 0 Å². The Balaban J connectivity index is 2.03. The van der Waals surface area contributed by atoms with Crippen molar-refractivity contribution in [3.05, 3.63) is 18.2 Å². The Morgan fingerprint density at radius 3 is 3.00 bits per heavy atom. The maximum absolute atomic E-state index is 4.40. The Morgan fingerprint density at radius 1 is 1.56 bits per heavy atom. The molecule has 0 saturated carbocycles. The molecule has 2 atom stereocenters. The Kier molecular flexibility index (Phi) is 3.61. The minimum absolute atomic E-state index is 0.586. The Hall–Kier alpha value is -0.870. The van der Waals surface area contributed by atoms with Crippen LogP contribution in [0.15, 0.2) is 12.4 Å². The average molecular weight is 222 g/mol. The molecule has 2 heterocycles. The number of hydrogen-bond acceptors (Lipinski definition) is 3. The fourth-order valence-electron chi connectivity index (χ4n) is 2.36. The smallest absolute Gasteiger partial charge is 0.122 e. The van der Waals surface area contributed by atoms with Crippen LogP contribution in [0.3, 0.4) is 0 Å². The van der Waals surface area contributed by atoms with Gasteiger partial charge in [-0.15, -0.1) is 0 Å². The van der Waals surface area contributed by atoms with Crippen LogP contribution in [0.25, 0.3) is 0 Å². The summed E-state index contributed by atoms with van der Waals surface area (Å²) in [4.78, 5) is 6.95. The van der Waals surface area contributed by atoms with Gasteiger partial charge in [-0.2, -0.15) is 0 Å². The van der Waals surface area contributed by atoms with E-state index in [0.717, 1.165) is 25.5 Å². The van der Waals surface area contributed by atoms with Crippen molar-refractivity contribution in [3.8, 4) is 0 Å². The molecule has 1 aliphatic heterocycles. The van der Waals surface area contributed by atoms with Gasteiger partial charge in [-0.1, -0.05) is 6.92 Å². The van der Waals surface area contributed by atoms with Gasteiger partial charge in [0.25, 0.3) is 0 Å². The molecule has 0 aromatic carbocycles. The van der Waals surface area contributed by atoms with Crippen molar-refractivity contribution in [1.82, 2.24) is 19.8 Å². The Labute approximate surface area is 97.7 Å². The van der Waals surface area contributed by atoms with Gasteiger partial charge in [-0.25, -0.2) is 4.98 Å². The van der Waals surface area contributed by atoms with E-state index in [1.54, 1.807) is 0 Å². The first-order valence-electron chi connectivity index (χ1n) is 6.14. The van der Waals surface area contributed by atoms with Gasteiger partial charge in [0.2, 0.25) is 0 Å². The summed E-state index contributed by atoms with van der Waals surface area (Å²) in [5, 5.41) is 3.54. The maximum atomic E-state index is 4.40. The number of aryl methyl sites for hydroxylation is 1. The summed E-state index contributed by atoms with van der Waals surface area (Å²) < 4.78 is 2.11. The van der Waals surface area contributed by atoms with E-state index in [0.29, 0.717) is 12.1 Å². The van der Waals surface area contributed by atoms with Crippen molar-refractivity contribution >= 4 is 0 Å². The molecule has 1 N–H and O–H groups in total. The predicted molar refractivity (Wildman–Crippen MR) is 65.2 cm³/mol. The van der Waals surface area contributed by atoms with Gasteiger partial charge in [0.05, 0.1) is 6.54 Å². The number of aromatic nitrogens is 2. The zero-order valence-electron chi connectivity index (χ0n) is 10.5. The van der Waals surface area contributed by atoms with Crippen LogP contribution in [-0.2, 0) is 13.6 Å². The van der Waals surface area contributed by atoms with Crippen molar-refractivity contribution in [2.45, 2.75) is 38.9 Å². The molecule has 16 heavy (non-hydrogen) atoms. The number of nitrogens with one attached hydrogen (secondary N) is 1. The summed E-state index contributed by atoms with van der Waals surface area (Å²) in [6, 6.07) is 1.23. The topological polar surface area (TPSA) is 33.1 Å². The molecular weight excluding hydrogens is 200 g/mol. The summed E-state index contributed by atoms with van der Waals surface area (Å²) in [7, 11) is 2.06. The molecule has 1 aromatic rings. The molecule has 0 amide bonds. The Bertz CT molecular complexity index is 334. The van der Waals surface area contributed by atoms with E-state index in [2.05, 4.69) is 40.7 Å². The second kappa shape index (κ2) is 4.97. The second-order valence-electron chi connectivity index (χ2n) is 4.76. The van der Waals surface area contributed by atoms with Crippen molar-refractivity contribution < 1.29 is 0 Å². The van der Waals surface area contributed by atoms with Gasteiger partial charge in [0, 0.05) is 44.6 Å². The average Bonchev–Trinajstić information content (AvgIpc) is 2.65. The first-order valence-corrected chi connectivity index (χ1v) is 6.14. The number of nitrogens with zero attached hydrogens (tertiary/aromatic N) is 3. The molecule has 1 fully saturated rings. The fourth-order valence-corrected chi connectivity index (χ4v) is 2.36. The molecule has 1 aliphatic rings. The first-order chi connectivity index (χ1) is 7.70. The highest BCUT2D eigenvalue weighted by Crippen LogP contribution is 2.13. The van der Waals surface area contributed by atoms with Crippen LogP contribution in [0, 0.1) is 0 Å². The molecule has 0 bridgehead atoms. The lowest BCUT2D eigenvalue weighted by Gasteiger charge is -2.38. The standard InChI is InChI=1S/C12H22N4/c1-4-11-7-14-10(2)8-16(11)9-12-13-5-6-15(12)3/h5-6,10-11,14H,4,7-9H2,1-3H3. The number of rotatable bonds is 3. The van der Waals surface area contributed by atoms with Crippen LogP contribution < -0.4 is 5.32 Å². The highest BCUT2D eigenvalue weighted by Gasteiger charge is 2.25. The van der Waals surface area contributed by atoms with E-state index >= 15 is 0 Å². The van der Waals surface area contributed by atoms with Crippen LogP contribution in [0.2, 0.25) is 0 Å². The number of imidazole rings is 1. The van der Waals surface area contributed by atoms with Crippen LogP contribution in [0.5, 0.6) is 0 Å². The van der Waals surface area contributed by atoms with E-state index in [-0.39, 0.29) is 0 Å². The third-order valence-corrected chi connectivity index (χ3v) is 3.46. The van der Waals surface area contributed by atoms with E-state index in [9.17, 15) is 0 Å². The molecule has 0 aliphatic carbocycles. The molecular formula is C12H22N4. The third kappa shape index (κ3) is 2.44. The summed E-state index contributed by atoms with van der Waals surface area (Å²) >= 11 is 0. The van der Waals surface area contributed by atoms with E-state index in [4.69, 9.17) is 0 Å². The zero-order chi connectivity index (χ0) is 11.5. The fraction of sp³-hybridized carbons (Fsp3) is 0.750. The minimum Gasteiger partial charge on any atom is -0.337 e. The predicted octanol–water partition coefficient (Wildman–Crippen LogP) is 0.992. The van der Waals surface area contributed by atoms with Gasteiger partial charge >= 0.3 is 0 Å². The van der Waals surface area contributed by atoms with Crippen LogP contribution in [0.1, 0.15) is 26.1 Å². The summed E-state index contributed by atoms with van der Waals surface area (Å²) in [5.41, 5.74) is 0.